The Morgan fingerprint density at radius 2 is 1.72 bits per heavy atom. The molecule has 0 aliphatic heterocycles. The monoisotopic (exact) mass is 543 g/mol. The van der Waals surface area contributed by atoms with Crippen LogP contribution in [0.5, 0.6) is 5.75 Å². The number of rotatable bonds is 7. The summed E-state index contributed by atoms with van der Waals surface area (Å²) in [4.78, 5) is 26.2. The number of amides is 1. The van der Waals surface area contributed by atoms with Crippen LogP contribution in [-0.2, 0) is 11.4 Å². The van der Waals surface area contributed by atoms with Gasteiger partial charge in [-0.3, -0.25) is 4.79 Å². The van der Waals surface area contributed by atoms with Crippen LogP contribution in [0.3, 0.4) is 0 Å². The van der Waals surface area contributed by atoms with Crippen LogP contribution in [0.1, 0.15) is 54.4 Å². The third kappa shape index (κ3) is 4.27. The number of nitrogens with one attached hydrogen (secondary N) is 1. The molecule has 0 unspecified atom stereocenters. The van der Waals surface area contributed by atoms with Gasteiger partial charge in [-0.1, -0.05) is 29.3 Å². The summed E-state index contributed by atoms with van der Waals surface area (Å²) in [5.41, 5.74) is 0.806. The van der Waals surface area contributed by atoms with Gasteiger partial charge in [-0.05, 0) is 97.6 Å². The Labute approximate surface area is 223 Å². The maximum absolute atomic E-state index is 13.7. The second-order valence-electron chi connectivity index (χ2n) is 10.8. The van der Waals surface area contributed by atoms with E-state index in [-0.39, 0.29) is 12.0 Å². The van der Waals surface area contributed by atoms with E-state index in [1.54, 1.807) is 29.5 Å². The molecule has 0 saturated heterocycles. The summed E-state index contributed by atoms with van der Waals surface area (Å²) < 4.78 is 7.19. The summed E-state index contributed by atoms with van der Waals surface area (Å²) in [6, 6.07) is 9.93. The minimum absolute atomic E-state index is 0.198. The summed E-state index contributed by atoms with van der Waals surface area (Å²) >= 11 is 13.8. The van der Waals surface area contributed by atoms with Crippen LogP contribution in [0.4, 0.5) is 0 Å². The average molecular weight is 545 g/mol. The molecule has 1 aromatic heterocycles. The first kappa shape index (κ1) is 24.1. The van der Waals surface area contributed by atoms with Gasteiger partial charge in [0.15, 0.2) is 0 Å². The third-order valence-corrected chi connectivity index (χ3v) is 10.0. The minimum atomic E-state index is -0.944. The quantitative estimate of drug-likeness (QED) is 0.330. The summed E-state index contributed by atoms with van der Waals surface area (Å²) in [7, 11) is 0. The van der Waals surface area contributed by atoms with Gasteiger partial charge in [0.2, 0.25) is 0 Å². The molecule has 4 bridgehead atoms. The van der Waals surface area contributed by atoms with Crippen molar-refractivity contribution in [2.75, 3.05) is 0 Å². The predicted octanol–water partition coefficient (Wildman–Crippen LogP) is 7.19. The van der Waals surface area contributed by atoms with E-state index in [0.29, 0.717) is 39.1 Å². The lowest BCUT2D eigenvalue weighted by Crippen LogP contribution is -2.59. The normalized spacial score (nSPS) is 27.2. The van der Waals surface area contributed by atoms with E-state index in [2.05, 4.69) is 5.32 Å². The van der Waals surface area contributed by atoms with Crippen molar-refractivity contribution in [3.63, 3.8) is 0 Å². The first-order chi connectivity index (χ1) is 17.3. The molecule has 4 fully saturated rings. The molecule has 4 saturated carbocycles. The van der Waals surface area contributed by atoms with Crippen molar-refractivity contribution in [1.82, 2.24) is 5.32 Å². The Kier molecular flexibility index (Phi) is 6.17. The molecule has 2 aromatic carbocycles. The topological polar surface area (TPSA) is 75.6 Å². The number of carbonyl (C=O) groups is 2. The van der Waals surface area contributed by atoms with Crippen molar-refractivity contribution >= 4 is 56.5 Å². The van der Waals surface area contributed by atoms with Crippen LogP contribution in [0.25, 0.3) is 10.1 Å². The maximum atomic E-state index is 13.7. The summed E-state index contributed by atoms with van der Waals surface area (Å²) in [6.45, 7) is 0.198. The van der Waals surface area contributed by atoms with Crippen LogP contribution >= 0.6 is 34.5 Å². The molecule has 5 nitrogen and oxygen atoms in total. The molecule has 1 atom stereocenters. The van der Waals surface area contributed by atoms with Crippen molar-refractivity contribution in [2.45, 2.75) is 51.2 Å². The van der Waals surface area contributed by atoms with Gasteiger partial charge in [-0.15, -0.1) is 11.3 Å². The molecule has 4 aliphatic rings. The standard InChI is InChI=1S/C28H27Cl2NO4S/c29-21-3-1-15(10-22(21)30)14-35-24-19-5-6-36-23(19)4-2-20(24)26(32)31-25(27(33)34)28-11-16-7-17(12-28)9-18(8-16)13-28/h1-6,10,16-18,25H,7-9,11-14H2,(H,31,32)(H,33,34)/t16?,17?,18?,25-,28?/m1/s1. The van der Waals surface area contributed by atoms with E-state index in [1.165, 1.54) is 19.3 Å². The zero-order valence-electron chi connectivity index (χ0n) is 19.6. The van der Waals surface area contributed by atoms with Crippen molar-refractivity contribution < 1.29 is 19.4 Å². The second-order valence-corrected chi connectivity index (χ2v) is 12.6. The second kappa shape index (κ2) is 9.23. The molecule has 1 amide bonds. The fourth-order valence-corrected chi connectivity index (χ4v) is 8.46. The van der Waals surface area contributed by atoms with Crippen LogP contribution in [0.15, 0.2) is 41.8 Å². The largest absolute Gasteiger partial charge is 0.487 e. The van der Waals surface area contributed by atoms with Crippen molar-refractivity contribution in [1.29, 1.82) is 0 Å². The number of carboxylic acid groups (broad SMARTS) is 1. The summed E-state index contributed by atoms with van der Waals surface area (Å²) in [5.74, 6) is 0.856. The van der Waals surface area contributed by atoms with Gasteiger partial charge >= 0.3 is 5.97 Å². The Morgan fingerprint density at radius 1 is 1.03 bits per heavy atom. The van der Waals surface area contributed by atoms with Gasteiger partial charge < -0.3 is 15.2 Å². The molecule has 36 heavy (non-hydrogen) atoms. The van der Waals surface area contributed by atoms with E-state index in [0.717, 1.165) is 34.9 Å². The molecule has 7 rings (SSSR count). The van der Waals surface area contributed by atoms with Gasteiger partial charge in [-0.2, -0.15) is 0 Å². The number of hydrogen-bond acceptors (Lipinski definition) is 4. The Morgan fingerprint density at radius 3 is 2.36 bits per heavy atom. The molecule has 8 heteroatoms. The fraction of sp³-hybridized carbons (Fsp3) is 0.429. The highest BCUT2D eigenvalue weighted by molar-refractivity contribution is 7.17. The van der Waals surface area contributed by atoms with E-state index in [9.17, 15) is 14.7 Å². The Balaban J connectivity index is 1.29. The molecular weight excluding hydrogens is 517 g/mol. The van der Waals surface area contributed by atoms with Crippen molar-refractivity contribution in [2.24, 2.45) is 23.2 Å². The third-order valence-electron chi connectivity index (χ3n) is 8.42. The zero-order valence-corrected chi connectivity index (χ0v) is 22.0. The summed E-state index contributed by atoms with van der Waals surface area (Å²) in [5, 5.41) is 16.9. The van der Waals surface area contributed by atoms with Crippen LogP contribution in [0.2, 0.25) is 10.0 Å². The Bertz CT molecular complexity index is 1320. The molecule has 0 spiro atoms. The van der Waals surface area contributed by atoms with Gasteiger partial charge in [0.05, 0.1) is 15.6 Å². The first-order valence-corrected chi connectivity index (χ1v) is 14.1. The minimum Gasteiger partial charge on any atom is -0.487 e. The lowest BCUT2D eigenvalue weighted by Gasteiger charge is -2.58. The number of hydrogen-bond donors (Lipinski definition) is 2. The van der Waals surface area contributed by atoms with E-state index >= 15 is 0 Å². The Hall–Kier alpha value is -2.28. The SMILES string of the molecule is O=C(N[C@H](C(=O)O)C12CC3CC(CC(C3)C1)C2)c1ccc2sccc2c1OCc1ccc(Cl)c(Cl)c1. The summed E-state index contributed by atoms with van der Waals surface area (Å²) in [6.07, 6.45) is 6.30. The molecule has 188 valence electrons. The number of ether oxygens (including phenoxy) is 1. The molecular formula is C28H27Cl2NO4S. The van der Waals surface area contributed by atoms with Crippen LogP contribution in [-0.4, -0.2) is 23.0 Å². The lowest BCUT2D eigenvalue weighted by molar-refractivity contribution is -0.150. The molecule has 1 heterocycles. The number of thiophene rings is 1. The van der Waals surface area contributed by atoms with E-state index in [4.69, 9.17) is 27.9 Å². The number of halogens is 2. The number of benzene rings is 2. The molecule has 3 aromatic rings. The van der Waals surface area contributed by atoms with E-state index in [1.807, 2.05) is 23.6 Å². The average Bonchev–Trinajstić information content (AvgIpc) is 3.31. The molecule has 2 N–H and O–H groups in total. The predicted molar refractivity (Wildman–Crippen MR) is 142 cm³/mol. The fourth-order valence-electron chi connectivity index (χ4n) is 7.35. The number of carbonyl (C=O) groups excluding carboxylic acids is 1. The van der Waals surface area contributed by atoms with E-state index < -0.39 is 17.9 Å². The number of aliphatic carboxylic acids is 1. The highest BCUT2D eigenvalue weighted by Crippen LogP contribution is 2.61. The van der Waals surface area contributed by atoms with Gasteiger partial charge in [0, 0.05) is 15.5 Å². The first-order valence-electron chi connectivity index (χ1n) is 12.4. The maximum Gasteiger partial charge on any atom is 0.326 e. The number of carboxylic acids is 1. The zero-order chi connectivity index (χ0) is 25.0. The highest BCUT2D eigenvalue weighted by Gasteiger charge is 2.56. The van der Waals surface area contributed by atoms with Gasteiger partial charge in [0.25, 0.3) is 5.91 Å². The van der Waals surface area contributed by atoms with Crippen molar-refractivity contribution in [3.05, 3.63) is 63.0 Å². The molecule has 0 radical (unpaired) electrons. The lowest BCUT2D eigenvalue weighted by atomic mass is 9.47. The van der Waals surface area contributed by atoms with Crippen LogP contribution < -0.4 is 10.1 Å². The molecule has 4 aliphatic carbocycles. The highest BCUT2D eigenvalue weighted by atomic mass is 35.5. The number of fused-ring (bicyclic) bond motifs is 1. The van der Waals surface area contributed by atoms with Crippen molar-refractivity contribution in [3.8, 4) is 5.75 Å². The van der Waals surface area contributed by atoms with Gasteiger partial charge in [0.1, 0.15) is 18.4 Å². The smallest absolute Gasteiger partial charge is 0.326 e. The van der Waals surface area contributed by atoms with Crippen LogP contribution in [0, 0.1) is 23.2 Å². The van der Waals surface area contributed by atoms with Gasteiger partial charge in [-0.25, -0.2) is 4.79 Å².